The van der Waals surface area contributed by atoms with Crippen LogP contribution in [0.25, 0.3) is 88.4 Å². The topological polar surface area (TPSA) is 44.0 Å². The molecule has 0 aliphatic heterocycles. The van der Waals surface area contributed by atoms with Gasteiger partial charge in [-0.05, 0) is 106 Å². The fourth-order valence-corrected chi connectivity index (χ4v) is 8.54. The van der Waals surface area contributed by atoms with Crippen molar-refractivity contribution in [2.24, 2.45) is 0 Å². The smallest absolute Gasteiger partial charge is 0.234 e. The summed E-state index contributed by atoms with van der Waals surface area (Å²) in [5.41, 5.74) is 13.3. The maximum atomic E-state index is 13.4. The van der Waals surface area contributed by atoms with E-state index in [0.717, 1.165) is 66.8 Å². The highest BCUT2D eigenvalue weighted by Gasteiger charge is 2.31. The van der Waals surface area contributed by atoms with Gasteiger partial charge < -0.3 is 9.13 Å². The third kappa shape index (κ3) is 4.44. The molecule has 0 N–H and O–H groups in total. The number of hydrogen-bond donors (Lipinski definition) is 0. The van der Waals surface area contributed by atoms with Crippen molar-refractivity contribution in [1.82, 2.24) is 9.13 Å². The van der Waals surface area contributed by atoms with Gasteiger partial charge in [0, 0.05) is 44.0 Å². The molecule has 10 aromatic rings. The van der Waals surface area contributed by atoms with Gasteiger partial charge in [0.2, 0.25) is 11.6 Å². The van der Waals surface area contributed by atoms with Gasteiger partial charge in [0.15, 0.2) is 0 Å². The summed E-state index contributed by atoms with van der Waals surface area (Å²) in [6.45, 7) is 0. The van der Waals surface area contributed by atoms with Gasteiger partial charge in [-0.3, -0.25) is 9.59 Å². The molecule has 0 fully saturated rings. The highest BCUT2D eigenvalue weighted by atomic mass is 16.2. The summed E-state index contributed by atoms with van der Waals surface area (Å²) < 4.78 is 4.61. The first kappa shape index (κ1) is 30.3. The average molecular weight is 691 g/mol. The molecule has 4 heteroatoms. The van der Waals surface area contributed by atoms with E-state index >= 15 is 0 Å². The molecule has 0 atom stereocenters. The van der Waals surface area contributed by atoms with Gasteiger partial charge in [-0.2, -0.15) is 0 Å². The lowest BCUT2D eigenvalue weighted by Crippen LogP contribution is -2.21. The number of carbonyl (C=O) groups is 2. The summed E-state index contributed by atoms with van der Waals surface area (Å²) in [6, 6.07) is 62.8. The molecule has 0 bridgehead atoms. The number of aromatic nitrogens is 2. The van der Waals surface area contributed by atoms with Gasteiger partial charge in [-0.1, -0.05) is 109 Å². The molecule has 0 spiro atoms. The number of Topliss-reactive ketones (excluding diaryl/α,β-unsaturated/α-hetero) is 2. The predicted octanol–water partition coefficient (Wildman–Crippen LogP) is 12.3. The molecule has 0 unspecified atom stereocenters. The zero-order chi connectivity index (χ0) is 35.9. The largest absolute Gasteiger partial charge is 0.309 e. The van der Waals surface area contributed by atoms with Crippen LogP contribution in [-0.4, -0.2) is 20.7 Å². The molecule has 2 heterocycles. The Labute approximate surface area is 310 Å². The van der Waals surface area contributed by atoms with Crippen molar-refractivity contribution in [2.75, 3.05) is 0 Å². The lowest BCUT2D eigenvalue weighted by Gasteiger charge is -2.20. The van der Waals surface area contributed by atoms with Gasteiger partial charge in [0.05, 0.1) is 22.1 Å². The van der Waals surface area contributed by atoms with E-state index in [9.17, 15) is 9.59 Å². The van der Waals surface area contributed by atoms with Crippen LogP contribution in [0.4, 0.5) is 0 Å². The number of rotatable bonds is 4. The van der Waals surface area contributed by atoms with Crippen LogP contribution in [0.3, 0.4) is 0 Å². The maximum absolute atomic E-state index is 13.4. The monoisotopic (exact) mass is 690 g/mol. The molecule has 0 amide bonds. The van der Waals surface area contributed by atoms with E-state index in [1.54, 1.807) is 0 Å². The lowest BCUT2D eigenvalue weighted by atomic mass is 9.81. The van der Waals surface area contributed by atoms with Crippen molar-refractivity contribution in [3.63, 3.8) is 0 Å². The molecule has 8 aromatic carbocycles. The van der Waals surface area contributed by atoms with Gasteiger partial charge in [0.25, 0.3) is 0 Å². The first-order chi connectivity index (χ1) is 26.6. The Balaban J connectivity index is 0.971. The van der Waals surface area contributed by atoms with E-state index in [0.29, 0.717) is 11.1 Å². The SMILES string of the molecule is O=C1C(=O)c2ccc(-c3ccc(-n4c5ccccc5c5ccccc54)cc3)cc2-c2cc(-c3ccc(-n4c5ccccc5c5ccccc54)cc3)ccc21. The zero-order valence-electron chi connectivity index (χ0n) is 29.0. The molecule has 0 saturated heterocycles. The van der Waals surface area contributed by atoms with Gasteiger partial charge in [0.1, 0.15) is 0 Å². The Kier molecular flexibility index (Phi) is 6.52. The third-order valence-electron chi connectivity index (χ3n) is 11.1. The number of carbonyl (C=O) groups excluding carboxylic acids is 2. The number of para-hydroxylation sites is 4. The number of hydrogen-bond acceptors (Lipinski definition) is 2. The molecule has 0 saturated carbocycles. The first-order valence-corrected chi connectivity index (χ1v) is 18.2. The Hall–Kier alpha value is -7.30. The number of benzene rings is 8. The van der Waals surface area contributed by atoms with Gasteiger partial charge in [-0.15, -0.1) is 0 Å². The van der Waals surface area contributed by atoms with E-state index in [1.165, 1.54) is 21.5 Å². The molecule has 1 aliphatic carbocycles. The van der Waals surface area contributed by atoms with Crippen molar-refractivity contribution in [3.8, 4) is 44.8 Å². The molecular formula is C50H30N2O2. The average Bonchev–Trinajstić information content (AvgIpc) is 3.76. The van der Waals surface area contributed by atoms with Crippen molar-refractivity contribution in [2.45, 2.75) is 0 Å². The summed E-state index contributed by atoms with van der Waals surface area (Å²) in [4.78, 5) is 26.7. The Bertz CT molecular complexity index is 2860. The molecular weight excluding hydrogens is 661 g/mol. The van der Waals surface area contributed by atoms with Gasteiger partial charge in [-0.25, -0.2) is 0 Å². The van der Waals surface area contributed by atoms with Crippen LogP contribution in [0.2, 0.25) is 0 Å². The molecule has 54 heavy (non-hydrogen) atoms. The van der Waals surface area contributed by atoms with Crippen LogP contribution >= 0.6 is 0 Å². The number of fused-ring (bicyclic) bond motifs is 9. The molecule has 2 aromatic heterocycles. The minimum absolute atomic E-state index is 0.442. The van der Waals surface area contributed by atoms with E-state index in [2.05, 4.69) is 167 Å². The second-order valence-electron chi connectivity index (χ2n) is 14.0. The second-order valence-corrected chi connectivity index (χ2v) is 14.0. The minimum atomic E-state index is -0.464. The summed E-state index contributed by atoms with van der Waals surface area (Å²) >= 11 is 0. The predicted molar refractivity (Wildman–Crippen MR) is 220 cm³/mol. The standard InChI is InChI=1S/C50H30N2O2/c53-49-41-27-21-33(31-17-23-35(24-18-31)51-45-13-5-1-9-37(45)38-10-2-6-14-46(38)51)29-43(41)44-30-34(22-28-42(44)50(49)54)32-19-25-36(26-20-32)52-47-15-7-3-11-39(47)40-12-4-8-16-48(40)52/h1-30H. The van der Waals surface area contributed by atoms with Crippen LogP contribution in [0.5, 0.6) is 0 Å². The van der Waals surface area contributed by atoms with Crippen LogP contribution in [-0.2, 0) is 0 Å². The number of ketones is 2. The number of nitrogens with zero attached hydrogens (tertiary/aromatic N) is 2. The van der Waals surface area contributed by atoms with E-state index in [1.807, 2.05) is 24.3 Å². The van der Waals surface area contributed by atoms with E-state index in [-0.39, 0.29) is 0 Å². The fourth-order valence-electron chi connectivity index (χ4n) is 8.54. The molecule has 4 nitrogen and oxygen atoms in total. The van der Waals surface area contributed by atoms with E-state index < -0.39 is 11.6 Å². The normalized spacial score (nSPS) is 12.5. The van der Waals surface area contributed by atoms with Crippen LogP contribution in [0.15, 0.2) is 182 Å². The quantitative estimate of drug-likeness (QED) is 0.173. The lowest BCUT2D eigenvalue weighted by molar-refractivity contribution is 0.0815. The molecule has 0 radical (unpaired) electrons. The van der Waals surface area contributed by atoms with E-state index in [4.69, 9.17) is 0 Å². The Morgan fingerprint density at radius 2 is 0.574 bits per heavy atom. The molecule has 1 aliphatic rings. The maximum Gasteiger partial charge on any atom is 0.234 e. The highest BCUT2D eigenvalue weighted by molar-refractivity contribution is 6.53. The van der Waals surface area contributed by atoms with Crippen molar-refractivity contribution >= 4 is 55.2 Å². The van der Waals surface area contributed by atoms with Crippen LogP contribution in [0.1, 0.15) is 20.7 Å². The summed E-state index contributed by atoms with van der Waals surface area (Å²) in [6.07, 6.45) is 0. The molecule has 252 valence electrons. The van der Waals surface area contributed by atoms with Crippen LogP contribution in [0, 0.1) is 0 Å². The van der Waals surface area contributed by atoms with Crippen molar-refractivity contribution < 1.29 is 9.59 Å². The van der Waals surface area contributed by atoms with Gasteiger partial charge >= 0.3 is 0 Å². The summed E-state index contributed by atoms with van der Waals surface area (Å²) in [5.74, 6) is -0.928. The van der Waals surface area contributed by atoms with Crippen molar-refractivity contribution in [1.29, 1.82) is 0 Å². The van der Waals surface area contributed by atoms with Crippen molar-refractivity contribution in [3.05, 3.63) is 193 Å². The Morgan fingerprint density at radius 1 is 0.278 bits per heavy atom. The zero-order valence-corrected chi connectivity index (χ0v) is 29.0. The Morgan fingerprint density at radius 3 is 0.907 bits per heavy atom. The second kappa shape index (κ2) is 11.6. The minimum Gasteiger partial charge on any atom is -0.309 e. The first-order valence-electron chi connectivity index (χ1n) is 18.2. The highest BCUT2D eigenvalue weighted by Crippen LogP contribution is 2.40. The fraction of sp³-hybridized carbons (Fsp3) is 0. The third-order valence-corrected chi connectivity index (χ3v) is 11.1. The summed E-state index contributed by atoms with van der Waals surface area (Å²) in [5, 5.41) is 4.90. The summed E-state index contributed by atoms with van der Waals surface area (Å²) in [7, 11) is 0. The molecule has 11 rings (SSSR count). The van der Waals surface area contributed by atoms with Crippen LogP contribution < -0.4 is 0 Å².